The highest BCUT2D eigenvalue weighted by Crippen LogP contribution is 2.33. The van der Waals surface area contributed by atoms with Crippen LogP contribution < -0.4 is 15.4 Å². The molecule has 0 atom stereocenters. The van der Waals surface area contributed by atoms with Gasteiger partial charge in [0.15, 0.2) is 0 Å². The lowest BCUT2D eigenvalue weighted by atomic mass is 10.2. The maximum absolute atomic E-state index is 12.6. The summed E-state index contributed by atoms with van der Waals surface area (Å²) in [5.74, 6) is -0.0967. The van der Waals surface area contributed by atoms with Crippen LogP contribution in [0.4, 0.5) is 23.7 Å². The Bertz CT molecular complexity index is 589. The molecule has 25 heavy (non-hydrogen) atoms. The van der Waals surface area contributed by atoms with Gasteiger partial charge in [-0.25, -0.2) is 9.78 Å². The predicted octanol–water partition coefficient (Wildman–Crippen LogP) is 3.10. The van der Waals surface area contributed by atoms with Gasteiger partial charge in [0.1, 0.15) is 17.1 Å². The van der Waals surface area contributed by atoms with Gasteiger partial charge >= 0.3 is 12.2 Å². The number of hydrogen-bond acceptors (Lipinski definition) is 4. The Kier molecular flexibility index (Phi) is 6.46. The van der Waals surface area contributed by atoms with Gasteiger partial charge in [0.25, 0.3) is 0 Å². The summed E-state index contributed by atoms with van der Waals surface area (Å²) in [6.45, 7) is 1.15. The summed E-state index contributed by atoms with van der Waals surface area (Å²) in [6, 6.07) is 0.799. The number of carbonyl (C=O) groups is 1. The number of hydrogen-bond donors (Lipinski definition) is 2. The predicted molar refractivity (Wildman–Crippen MR) is 87.7 cm³/mol. The number of rotatable bonds is 6. The van der Waals surface area contributed by atoms with Crippen molar-refractivity contribution < 1.29 is 22.7 Å². The van der Waals surface area contributed by atoms with E-state index in [9.17, 15) is 18.0 Å². The maximum Gasteiger partial charge on any atom is 0.433 e. The molecule has 2 N–H and O–H groups in total. The minimum atomic E-state index is -4.57. The molecule has 0 aliphatic heterocycles. The van der Waals surface area contributed by atoms with Crippen molar-refractivity contribution in [3.63, 3.8) is 0 Å². The minimum absolute atomic E-state index is 0.0807. The zero-order valence-corrected chi connectivity index (χ0v) is 14.3. The molecule has 1 aromatic heterocycles. The molecule has 1 aromatic rings. The number of likely N-dealkylation sites (N-methyl/N-ethyl adjacent to an activating group) is 1. The van der Waals surface area contributed by atoms with Gasteiger partial charge in [-0.2, -0.15) is 13.2 Å². The van der Waals surface area contributed by atoms with E-state index in [1.54, 1.807) is 0 Å². The Hall–Kier alpha value is -2.03. The van der Waals surface area contributed by atoms with Crippen LogP contribution in [0.2, 0.25) is 0 Å². The van der Waals surface area contributed by atoms with Crippen LogP contribution in [0.1, 0.15) is 31.4 Å². The Morgan fingerprint density at radius 3 is 2.68 bits per heavy atom. The van der Waals surface area contributed by atoms with E-state index >= 15 is 0 Å². The van der Waals surface area contributed by atoms with Gasteiger partial charge in [0, 0.05) is 25.2 Å². The number of methoxy groups -OCH3 is 1. The summed E-state index contributed by atoms with van der Waals surface area (Å²) < 4.78 is 42.8. The van der Waals surface area contributed by atoms with Gasteiger partial charge in [0.05, 0.1) is 13.3 Å². The fourth-order valence-electron chi connectivity index (χ4n) is 2.89. The van der Waals surface area contributed by atoms with E-state index in [-0.39, 0.29) is 11.4 Å². The molecule has 1 saturated carbocycles. The van der Waals surface area contributed by atoms with Gasteiger partial charge in [-0.05, 0) is 19.9 Å². The Morgan fingerprint density at radius 1 is 1.40 bits per heavy atom. The zero-order chi connectivity index (χ0) is 18.4. The average molecular weight is 360 g/mol. The maximum atomic E-state index is 12.6. The molecule has 2 amide bonds. The van der Waals surface area contributed by atoms with E-state index in [0.717, 1.165) is 12.3 Å². The van der Waals surface area contributed by atoms with E-state index in [0.29, 0.717) is 19.1 Å². The molecule has 6 nitrogen and oxygen atoms in total. The lowest BCUT2D eigenvalue weighted by Gasteiger charge is -2.24. The van der Waals surface area contributed by atoms with Crippen molar-refractivity contribution in [1.82, 2.24) is 15.2 Å². The van der Waals surface area contributed by atoms with Crippen LogP contribution in [0.3, 0.4) is 0 Å². The van der Waals surface area contributed by atoms with Gasteiger partial charge in [-0.1, -0.05) is 12.8 Å². The molecule has 1 fully saturated rings. The standard InChI is InChI=1S/C16H23F3N4O2/c1-23(11-5-3-4-6-11)8-7-20-15(24)22-12-10-21-14(16(17,18)19)9-13(12)25-2/h9-11H,3-8H2,1-2H3,(H2,20,22,24). The average Bonchev–Trinajstić information content (AvgIpc) is 3.08. The number of nitrogens with one attached hydrogen (secondary N) is 2. The van der Waals surface area contributed by atoms with Crippen molar-refractivity contribution in [2.75, 3.05) is 32.6 Å². The molecule has 9 heteroatoms. The molecule has 0 spiro atoms. The number of alkyl halides is 3. The number of nitrogens with zero attached hydrogens (tertiary/aromatic N) is 2. The molecular weight excluding hydrogens is 337 g/mol. The largest absolute Gasteiger partial charge is 0.494 e. The molecule has 0 saturated heterocycles. The summed E-state index contributed by atoms with van der Waals surface area (Å²) in [6.07, 6.45) is 1.20. The van der Waals surface area contributed by atoms with Crippen molar-refractivity contribution in [2.24, 2.45) is 0 Å². The molecule has 1 aliphatic rings. The number of halogens is 3. The van der Waals surface area contributed by atoms with E-state index in [4.69, 9.17) is 4.74 Å². The van der Waals surface area contributed by atoms with Crippen molar-refractivity contribution in [2.45, 2.75) is 37.9 Å². The van der Waals surface area contributed by atoms with E-state index in [1.165, 1.54) is 32.8 Å². The Morgan fingerprint density at radius 2 is 2.08 bits per heavy atom. The monoisotopic (exact) mass is 360 g/mol. The first kappa shape index (κ1) is 19.3. The first-order valence-electron chi connectivity index (χ1n) is 8.17. The van der Waals surface area contributed by atoms with E-state index < -0.39 is 17.9 Å². The molecule has 0 unspecified atom stereocenters. The highest BCUT2D eigenvalue weighted by molar-refractivity contribution is 5.90. The highest BCUT2D eigenvalue weighted by atomic mass is 19.4. The van der Waals surface area contributed by atoms with Crippen molar-refractivity contribution >= 4 is 11.7 Å². The van der Waals surface area contributed by atoms with Crippen LogP contribution in [-0.2, 0) is 6.18 Å². The van der Waals surface area contributed by atoms with Crippen molar-refractivity contribution in [3.8, 4) is 5.75 Å². The summed E-state index contributed by atoms with van der Waals surface area (Å²) in [4.78, 5) is 17.5. The second kappa shape index (κ2) is 8.37. The summed E-state index contributed by atoms with van der Waals surface area (Å²) in [7, 11) is 3.26. The second-order valence-corrected chi connectivity index (χ2v) is 6.07. The van der Waals surface area contributed by atoms with Crippen LogP contribution in [0.25, 0.3) is 0 Å². The highest BCUT2D eigenvalue weighted by Gasteiger charge is 2.33. The van der Waals surface area contributed by atoms with Crippen LogP contribution in [0.5, 0.6) is 5.75 Å². The number of ether oxygens (including phenoxy) is 1. The van der Waals surface area contributed by atoms with Crippen LogP contribution >= 0.6 is 0 Å². The van der Waals surface area contributed by atoms with Crippen molar-refractivity contribution in [3.05, 3.63) is 18.0 Å². The number of carbonyl (C=O) groups excluding carboxylic acids is 1. The summed E-state index contributed by atoms with van der Waals surface area (Å²) in [5.41, 5.74) is -0.995. The molecule has 140 valence electrons. The number of aromatic nitrogens is 1. The lowest BCUT2D eigenvalue weighted by Crippen LogP contribution is -2.38. The first-order chi connectivity index (χ1) is 11.8. The van der Waals surface area contributed by atoms with Gasteiger partial charge < -0.3 is 20.3 Å². The molecular formula is C16H23F3N4O2. The van der Waals surface area contributed by atoms with Crippen LogP contribution in [0, 0.1) is 0 Å². The number of pyridine rings is 1. The first-order valence-corrected chi connectivity index (χ1v) is 8.17. The Labute approximate surface area is 144 Å². The number of anilines is 1. The topological polar surface area (TPSA) is 66.5 Å². The third-order valence-corrected chi connectivity index (χ3v) is 4.32. The molecule has 0 bridgehead atoms. The van der Waals surface area contributed by atoms with Gasteiger partial charge in [-0.15, -0.1) is 0 Å². The van der Waals surface area contributed by atoms with E-state index in [1.807, 2.05) is 7.05 Å². The fourth-order valence-corrected chi connectivity index (χ4v) is 2.89. The normalized spacial score (nSPS) is 15.4. The minimum Gasteiger partial charge on any atom is -0.494 e. The lowest BCUT2D eigenvalue weighted by molar-refractivity contribution is -0.141. The zero-order valence-electron chi connectivity index (χ0n) is 14.3. The van der Waals surface area contributed by atoms with Crippen LogP contribution in [0.15, 0.2) is 12.3 Å². The quantitative estimate of drug-likeness (QED) is 0.818. The van der Waals surface area contributed by atoms with Crippen LogP contribution in [-0.4, -0.2) is 49.2 Å². The summed E-state index contributed by atoms with van der Waals surface area (Å²) in [5, 5.41) is 5.14. The van der Waals surface area contributed by atoms with Gasteiger partial charge in [0.2, 0.25) is 0 Å². The van der Waals surface area contributed by atoms with Crippen molar-refractivity contribution in [1.29, 1.82) is 0 Å². The molecule has 1 aliphatic carbocycles. The van der Waals surface area contributed by atoms with E-state index in [2.05, 4.69) is 20.5 Å². The van der Waals surface area contributed by atoms with Gasteiger partial charge in [-0.3, -0.25) is 0 Å². The number of amides is 2. The summed E-state index contributed by atoms with van der Waals surface area (Å²) >= 11 is 0. The molecule has 1 heterocycles. The third-order valence-electron chi connectivity index (χ3n) is 4.32. The smallest absolute Gasteiger partial charge is 0.433 e. The SMILES string of the molecule is COc1cc(C(F)(F)F)ncc1NC(=O)NCCN(C)C1CCCC1. The Balaban J connectivity index is 1.85. The molecule has 2 rings (SSSR count). The fraction of sp³-hybridized carbons (Fsp3) is 0.625. The molecule has 0 radical (unpaired) electrons. The third kappa shape index (κ3) is 5.48. The molecule has 0 aromatic carbocycles. The second-order valence-electron chi connectivity index (χ2n) is 6.07. The number of urea groups is 1.